The summed E-state index contributed by atoms with van der Waals surface area (Å²) in [5.74, 6) is 0.748. The predicted octanol–water partition coefficient (Wildman–Crippen LogP) is 3.53. The summed E-state index contributed by atoms with van der Waals surface area (Å²) in [6, 6.07) is 10.5. The van der Waals surface area contributed by atoms with Crippen molar-refractivity contribution in [2.45, 2.75) is 64.0 Å². The fraction of sp³-hybridized carbons (Fsp3) is 0.619. The molecular formula is C21H30N2O3. The number of amides is 2. The largest absolute Gasteiger partial charge is 0.450 e. The lowest BCUT2D eigenvalue weighted by molar-refractivity contribution is -0.120. The molecule has 2 saturated heterocycles. The average molecular weight is 358 g/mol. The van der Waals surface area contributed by atoms with Gasteiger partial charge in [0.1, 0.15) is 0 Å². The van der Waals surface area contributed by atoms with Gasteiger partial charge in [-0.1, -0.05) is 30.3 Å². The van der Waals surface area contributed by atoms with Gasteiger partial charge in [-0.05, 0) is 56.9 Å². The van der Waals surface area contributed by atoms with E-state index in [9.17, 15) is 9.59 Å². The number of piperidine rings is 1. The first-order chi connectivity index (χ1) is 12.7. The molecule has 0 aliphatic carbocycles. The van der Waals surface area contributed by atoms with Crippen LogP contribution in [0.2, 0.25) is 0 Å². The molecule has 2 heterocycles. The highest BCUT2D eigenvalue weighted by Gasteiger charge is 2.43. The topological polar surface area (TPSA) is 58.6 Å². The van der Waals surface area contributed by atoms with Gasteiger partial charge < -0.3 is 15.0 Å². The maximum Gasteiger partial charge on any atom is 0.410 e. The second-order valence-electron chi connectivity index (χ2n) is 7.48. The first-order valence-electron chi connectivity index (χ1n) is 9.93. The summed E-state index contributed by atoms with van der Waals surface area (Å²) in [7, 11) is 0. The van der Waals surface area contributed by atoms with Crippen LogP contribution in [0.5, 0.6) is 0 Å². The van der Waals surface area contributed by atoms with Gasteiger partial charge in [0, 0.05) is 18.6 Å². The van der Waals surface area contributed by atoms with Crippen LogP contribution >= 0.6 is 0 Å². The third-order valence-corrected chi connectivity index (χ3v) is 5.63. The molecule has 5 heteroatoms. The van der Waals surface area contributed by atoms with E-state index in [1.807, 2.05) is 42.2 Å². The summed E-state index contributed by atoms with van der Waals surface area (Å²) < 4.78 is 5.21. The molecule has 3 rings (SSSR count). The van der Waals surface area contributed by atoms with E-state index >= 15 is 0 Å². The zero-order valence-corrected chi connectivity index (χ0v) is 15.7. The van der Waals surface area contributed by atoms with Crippen molar-refractivity contribution in [2.75, 3.05) is 13.2 Å². The Labute approximate surface area is 156 Å². The number of fused-ring (bicyclic) bond motifs is 2. The number of nitrogens with one attached hydrogen (secondary N) is 1. The van der Waals surface area contributed by atoms with E-state index in [4.69, 9.17) is 4.74 Å². The van der Waals surface area contributed by atoms with Gasteiger partial charge in [-0.15, -0.1) is 0 Å². The smallest absolute Gasteiger partial charge is 0.410 e. The number of ether oxygens (including phenoxy) is 1. The van der Waals surface area contributed by atoms with E-state index in [0.717, 1.165) is 50.6 Å². The van der Waals surface area contributed by atoms with Crippen LogP contribution in [-0.2, 0) is 16.0 Å². The summed E-state index contributed by atoms with van der Waals surface area (Å²) in [5.41, 5.74) is 1.05. The van der Waals surface area contributed by atoms with Crippen molar-refractivity contribution in [3.63, 3.8) is 0 Å². The highest BCUT2D eigenvalue weighted by atomic mass is 16.6. The molecule has 2 aliphatic heterocycles. The molecule has 1 N–H and O–H groups in total. The van der Waals surface area contributed by atoms with E-state index in [-0.39, 0.29) is 12.0 Å². The monoisotopic (exact) mass is 358 g/mol. The fourth-order valence-corrected chi connectivity index (χ4v) is 4.48. The molecule has 0 radical (unpaired) electrons. The molecule has 0 saturated carbocycles. The van der Waals surface area contributed by atoms with Gasteiger partial charge in [-0.2, -0.15) is 0 Å². The minimum absolute atomic E-state index is 0.0911. The number of nitrogens with zero attached hydrogens (tertiary/aromatic N) is 1. The molecule has 1 aromatic rings. The Morgan fingerprint density at radius 1 is 1.15 bits per heavy atom. The first kappa shape index (κ1) is 18.7. The van der Waals surface area contributed by atoms with Gasteiger partial charge in [-0.25, -0.2) is 4.79 Å². The number of hydrogen-bond acceptors (Lipinski definition) is 3. The van der Waals surface area contributed by atoms with Gasteiger partial charge in [0.2, 0.25) is 5.91 Å². The van der Waals surface area contributed by atoms with Crippen molar-refractivity contribution in [3.8, 4) is 0 Å². The minimum atomic E-state index is -0.133. The third-order valence-electron chi connectivity index (χ3n) is 5.63. The van der Waals surface area contributed by atoms with Crippen LogP contribution in [0, 0.1) is 5.92 Å². The molecule has 0 spiro atoms. The van der Waals surface area contributed by atoms with Crippen molar-refractivity contribution in [1.29, 1.82) is 0 Å². The van der Waals surface area contributed by atoms with Crippen molar-refractivity contribution in [1.82, 2.24) is 10.2 Å². The van der Waals surface area contributed by atoms with Crippen LogP contribution < -0.4 is 5.32 Å². The molecule has 5 nitrogen and oxygen atoms in total. The molecule has 1 aromatic carbocycles. The minimum Gasteiger partial charge on any atom is -0.450 e. The summed E-state index contributed by atoms with van der Waals surface area (Å²) in [6.07, 6.45) is 6.80. The second kappa shape index (κ2) is 9.06. The summed E-state index contributed by atoms with van der Waals surface area (Å²) in [6.45, 7) is 3.04. The highest BCUT2D eigenvalue weighted by Crippen LogP contribution is 2.40. The Morgan fingerprint density at radius 2 is 1.85 bits per heavy atom. The lowest BCUT2D eigenvalue weighted by Crippen LogP contribution is -2.46. The molecular weight excluding hydrogens is 328 g/mol. The van der Waals surface area contributed by atoms with Crippen molar-refractivity contribution >= 4 is 12.0 Å². The van der Waals surface area contributed by atoms with Crippen LogP contribution in [0.1, 0.15) is 51.0 Å². The summed E-state index contributed by atoms with van der Waals surface area (Å²) in [4.78, 5) is 26.1. The van der Waals surface area contributed by atoms with E-state index in [2.05, 4.69) is 5.32 Å². The van der Waals surface area contributed by atoms with Crippen molar-refractivity contribution < 1.29 is 14.3 Å². The SMILES string of the molecule is CCOC(=O)N1C2CCC1CC(CCCNC(=O)Cc1ccccc1)C2. The fourth-order valence-electron chi connectivity index (χ4n) is 4.48. The standard InChI is InChI=1S/C21H30N2O3/c1-2-26-21(25)23-18-10-11-19(23)14-17(13-18)9-6-12-22-20(24)15-16-7-4-3-5-8-16/h3-5,7-8,17-19H,2,6,9-15H2,1H3,(H,22,24). The van der Waals surface area contributed by atoms with Crippen LogP contribution in [-0.4, -0.2) is 42.1 Å². The molecule has 2 bridgehead atoms. The van der Waals surface area contributed by atoms with Crippen molar-refractivity contribution in [2.24, 2.45) is 5.92 Å². The highest BCUT2D eigenvalue weighted by molar-refractivity contribution is 5.78. The van der Waals surface area contributed by atoms with Crippen LogP contribution in [0.15, 0.2) is 30.3 Å². The Balaban J connectivity index is 1.35. The van der Waals surface area contributed by atoms with Gasteiger partial charge in [-0.3, -0.25) is 4.79 Å². The Kier molecular flexibility index (Phi) is 6.53. The lowest BCUT2D eigenvalue weighted by Gasteiger charge is -2.38. The zero-order valence-electron chi connectivity index (χ0n) is 15.7. The molecule has 142 valence electrons. The maximum absolute atomic E-state index is 12.1. The number of carbonyl (C=O) groups excluding carboxylic acids is 2. The van der Waals surface area contributed by atoms with Gasteiger partial charge in [0.15, 0.2) is 0 Å². The van der Waals surface area contributed by atoms with Crippen molar-refractivity contribution in [3.05, 3.63) is 35.9 Å². The third kappa shape index (κ3) is 4.77. The molecule has 2 aliphatic rings. The number of carbonyl (C=O) groups is 2. The van der Waals surface area contributed by atoms with Gasteiger partial charge in [0.05, 0.1) is 13.0 Å². The molecule has 0 aromatic heterocycles. The molecule has 26 heavy (non-hydrogen) atoms. The zero-order chi connectivity index (χ0) is 18.4. The Morgan fingerprint density at radius 3 is 2.50 bits per heavy atom. The Hall–Kier alpha value is -2.04. The predicted molar refractivity (Wildman–Crippen MR) is 101 cm³/mol. The average Bonchev–Trinajstić information content (AvgIpc) is 2.90. The second-order valence-corrected chi connectivity index (χ2v) is 7.48. The first-order valence-corrected chi connectivity index (χ1v) is 9.93. The number of hydrogen-bond donors (Lipinski definition) is 1. The van der Waals surface area contributed by atoms with Gasteiger partial charge in [0.25, 0.3) is 0 Å². The van der Waals surface area contributed by atoms with E-state index in [1.54, 1.807) is 0 Å². The van der Waals surface area contributed by atoms with Crippen LogP contribution in [0.4, 0.5) is 4.79 Å². The summed E-state index contributed by atoms with van der Waals surface area (Å²) >= 11 is 0. The van der Waals surface area contributed by atoms with E-state index in [0.29, 0.717) is 31.0 Å². The van der Waals surface area contributed by atoms with Crippen LogP contribution in [0.25, 0.3) is 0 Å². The maximum atomic E-state index is 12.1. The number of rotatable bonds is 7. The van der Waals surface area contributed by atoms with Crippen LogP contribution in [0.3, 0.4) is 0 Å². The quantitative estimate of drug-likeness (QED) is 0.759. The molecule has 2 unspecified atom stereocenters. The van der Waals surface area contributed by atoms with Gasteiger partial charge >= 0.3 is 6.09 Å². The molecule has 2 atom stereocenters. The molecule has 2 amide bonds. The number of benzene rings is 1. The van der Waals surface area contributed by atoms with E-state index < -0.39 is 0 Å². The Bertz CT molecular complexity index is 591. The lowest BCUT2D eigenvalue weighted by atomic mass is 9.87. The molecule has 2 fully saturated rings. The van der Waals surface area contributed by atoms with E-state index in [1.165, 1.54) is 0 Å². The summed E-state index contributed by atoms with van der Waals surface area (Å²) in [5, 5.41) is 3.03. The normalized spacial score (nSPS) is 24.3.